The first kappa shape index (κ1) is 27.2. The molecule has 0 radical (unpaired) electrons. The number of benzene rings is 3. The highest BCUT2D eigenvalue weighted by molar-refractivity contribution is 7.90. The molecule has 0 spiro atoms. The minimum atomic E-state index is -4.06. The number of hydrogen-bond donors (Lipinski definition) is 1. The fourth-order valence-corrected chi connectivity index (χ4v) is 5.15. The maximum absolute atomic E-state index is 12.9. The zero-order valence-corrected chi connectivity index (χ0v) is 22.7. The second-order valence-electron chi connectivity index (χ2n) is 9.45. The summed E-state index contributed by atoms with van der Waals surface area (Å²) in [6.07, 6.45) is 1.23. The Labute approximate surface area is 223 Å². The van der Waals surface area contributed by atoms with E-state index < -0.39 is 15.9 Å². The molecule has 0 atom stereocenters. The Morgan fingerprint density at radius 2 is 1.74 bits per heavy atom. The minimum Gasteiger partial charge on any atom is -0.453 e. The average Bonchev–Trinajstić information content (AvgIpc) is 3.35. The Bertz CT molecular complexity index is 1460. The minimum absolute atomic E-state index is 0.00665. The summed E-state index contributed by atoms with van der Waals surface area (Å²) in [5.41, 5.74) is 2.83. The summed E-state index contributed by atoms with van der Waals surface area (Å²) in [6.45, 7) is 7.55. The Balaban J connectivity index is 1.61. The van der Waals surface area contributed by atoms with Crippen molar-refractivity contribution in [1.82, 2.24) is 4.72 Å². The van der Waals surface area contributed by atoms with Crippen LogP contribution in [0.1, 0.15) is 67.1 Å². The van der Waals surface area contributed by atoms with Crippen molar-refractivity contribution in [3.63, 3.8) is 0 Å². The fraction of sp³-hybridized carbons (Fsp3) is 0.310. The molecule has 1 N–H and O–H groups in total. The lowest BCUT2D eigenvalue weighted by molar-refractivity contribution is -0.118. The number of ether oxygens (including phenoxy) is 3. The van der Waals surface area contributed by atoms with Crippen molar-refractivity contribution in [2.75, 3.05) is 6.79 Å². The van der Waals surface area contributed by atoms with Gasteiger partial charge in [-0.2, -0.15) is 0 Å². The van der Waals surface area contributed by atoms with E-state index in [0.717, 1.165) is 17.5 Å². The van der Waals surface area contributed by atoms with E-state index in [2.05, 4.69) is 4.72 Å². The van der Waals surface area contributed by atoms with Crippen LogP contribution in [0.3, 0.4) is 0 Å². The summed E-state index contributed by atoms with van der Waals surface area (Å²) < 4.78 is 45.2. The van der Waals surface area contributed by atoms with Crippen LogP contribution in [-0.4, -0.2) is 26.9 Å². The SMILES string of the molecule is CCCc1cc(C(C)=O)ccc1Oc1c(CC(=O)NS(=O)(=O)c2ccc(C(C)C)cc2)ccc2c1OCO2. The molecule has 1 aliphatic heterocycles. The van der Waals surface area contributed by atoms with Gasteiger partial charge in [-0.05, 0) is 66.8 Å². The average molecular weight is 538 g/mol. The van der Waals surface area contributed by atoms with Gasteiger partial charge in [0.2, 0.25) is 18.4 Å². The smallest absolute Gasteiger partial charge is 0.264 e. The summed E-state index contributed by atoms with van der Waals surface area (Å²) in [6, 6.07) is 14.9. The van der Waals surface area contributed by atoms with Crippen LogP contribution < -0.4 is 18.9 Å². The maximum Gasteiger partial charge on any atom is 0.264 e. The molecule has 3 aromatic carbocycles. The van der Waals surface area contributed by atoms with Gasteiger partial charge in [-0.15, -0.1) is 0 Å². The third-order valence-electron chi connectivity index (χ3n) is 6.23. The first-order valence-electron chi connectivity index (χ1n) is 12.5. The van der Waals surface area contributed by atoms with E-state index in [1.165, 1.54) is 19.1 Å². The molecular formula is C29H31NO7S. The summed E-state index contributed by atoms with van der Waals surface area (Å²) in [4.78, 5) is 24.8. The van der Waals surface area contributed by atoms with Gasteiger partial charge >= 0.3 is 0 Å². The molecular weight excluding hydrogens is 506 g/mol. The van der Waals surface area contributed by atoms with Crippen molar-refractivity contribution in [1.29, 1.82) is 0 Å². The number of Topliss-reactive ketones (excluding diaryl/α,β-unsaturated/α-hetero) is 1. The van der Waals surface area contributed by atoms with Gasteiger partial charge in [0.25, 0.3) is 10.0 Å². The van der Waals surface area contributed by atoms with Gasteiger partial charge in [-0.25, -0.2) is 13.1 Å². The van der Waals surface area contributed by atoms with Gasteiger partial charge in [-0.3, -0.25) is 9.59 Å². The van der Waals surface area contributed by atoms with Gasteiger partial charge in [-0.1, -0.05) is 45.4 Å². The van der Waals surface area contributed by atoms with Crippen molar-refractivity contribution in [3.8, 4) is 23.0 Å². The summed E-state index contributed by atoms with van der Waals surface area (Å²) in [5.74, 6) is 1.05. The van der Waals surface area contributed by atoms with E-state index in [9.17, 15) is 18.0 Å². The Kier molecular flexibility index (Phi) is 8.06. The molecule has 0 saturated carbocycles. The highest BCUT2D eigenvalue weighted by atomic mass is 32.2. The molecule has 0 aliphatic carbocycles. The Hall–Kier alpha value is -3.85. The molecule has 1 heterocycles. The number of hydrogen-bond acceptors (Lipinski definition) is 7. The highest BCUT2D eigenvalue weighted by Crippen LogP contribution is 2.46. The lowest BCUT2D eigenvalue weighted by Crippen LogP contribution is -2.31. The van der Waals surface area contributed by atoms with E-state index in [0.29, 0.717) is 34.8 Å². The predicted octanol–water partition coefficient (Wildman–Crippen LogP) is 5.53. The van der Waals surface area contributed by atoms with E-state index in [-0.39, 0.29) is 35.6 Å². The van der Waals surface area contributed by atoms with E-state index in [4.69, 9.17) is 14.2 Å². The van der Waals surface area contributed by atoms with E-state index >= 15 is 0 Å². The van der Waals surface area contributed by atoms with Crippen LogP contribution in [0.15, 0.2) is 59.5 Å². The zero-order chi connectivity index (χ0) is 27.4. The number of nitrogens with one attached hydrogen (secondary N) is 1. The molecule has 0 aromatic heterocycles. The molecule has 0 bridgehead atoms. The lowest BCUT2D eigenvalue weighted by Gasteiger charge is -2.17. The number of carbonyl (C=O) groups is 2. The van der Waals surface area contributed by atoms with Gasteiger partial charge in [0.1, 0.15) is 5.75 Å². The number of rotatable bonds is 10. The lowest BCUT2D eigenvalue weighted by atomic mass is 10.0. The normalized spacial score (nSPS) is 12.4. The zero-order valence-electron chi connectivity index (χ0n) is 21.9. The molecule has 200 valence electrons. The van der Waals surface area contributed by atoms with Crippen LogP contribution in [0.4, 0.5) is 0 Å². The molecule has 0 unspecified atom stereocenters. The second kappa shape index (κ2) is 11.3. The van der Waals surface area contributed by atoms with Gasteiger partial charge in [0.05, 0.1) is 11.3 Å². The predicted molar refractivity (Wildman–Crippen MR) is 143 cm³/mol. The van der Waals surface area contributed by atoms with Crippen LogP contribution in [0, 0.1) is 0 Å². The topological polar surface area (TPSA) is 108 Å². The number of fused-ring (bicyclic) bond motifs is 1. The largest absolute Gasteiger partial charge is 0.453 e. The molecule has 1 aliphatic rings. The monoisotopic (exact) mass is 537 g/mol. The van der Waals surface area contributed by atoms with E-state index in [1.807, 2.05) is 20.8 Å². The van der Waals surface area contributed by atoms with Crippen LogP contribution >= 0.6 is 0 Å². The first-order chi connectivity index (χ1) is 18.1. The first-order valence-corrected chi connectivity index (χ1v) is 14.0. The maximum atomic E-state index is 12.9. The number of ketones is 1. The van der Waals surface area contributed by atoms with Crippen molar-refractivity contribution in [3.05, 3.63) is 76.9 Å². The quantitative estimate of drug-likeness (QED) is 0.339. The molecule has 4 rings (SSSR count). The van der Waals surface area contributed by atoms with Crippen LogP contribution in [0.25, 0.3) is 0 Å². The summed E-state index contributed by atoms with van der Waals surface area (Å²) in [5, 5.41) is 0. The molecule has 9 heteroatoms. The second-order valence-corrected chi connectivity index (χ2v) is 11.1. The van der Waals surface area contributed by atoms with Crippen molar-refractivity contribution in [2.45, 2.75) is 57.8 Å². The number of amides is 1. The van der Waals surface area contributed by atoms with Crippen molar-refractivity contribution < 1.29 is 32.2 Å². The standard InChI is InChI=1S/C29H31NO7S/c1-5-6-22-15-21(19(4)31)9-13-25(22)37-28-23(10-14-26-29(28)36-17-35-26)16-27(32)30-38(33,34)24-11-7-20(8-12-24)18(2)3/h7-15,18H,5-6,16-17H2,1-4H3,(H,30,32). The number of sulfonamides is 1. The van der Waals surface area contributed by atoms with Gasteiger partial charge in [0, 0.05) is 11.1 Å². The third-order valence-corrected chi connectivity index (χ3v) is 7.62. The fourth-order valence-electron chi connectivity index (χ4n) is 4.16. The molecule has 0 fully saturated rings. The summed E-state index contributed by atoms with van der Waals surface area (Å²) in [7, 11) is -4.06. The van der Waals surface area contributed by atoms with Crippen LogP contribution in [-0.2, 0) is 27.7 Å². The molecule has 0 saturated heterocycles. The molecule has 1 amide bonds. The molecule has 38 heavy (non-hydrogen) atoms. The van der Waals surface area contributed by atoms with Crippen LogP contribution in [0.5, 0.6) is 23.0 Å². The van der Waals surface area contributed by atoms with Crippen molar-refractivity contribution in [2.24, 2.45) is 0 Å². The molecule has 8 nitrogen and oxygen atoms in total. The van der Waals surface area contributed by atoms with Crippen LogP contribution in [0.2, 0.25) is 0 Å². The Morgan fingerprint density at radius 3 is 2.39 bits per heavy atom. The molecule has 3 aromatic rings. The number of aryl methyl sites for hydroxylation is 1. The van der Waals surface area contributed by atoms with Gasteiger partial charge < -0.3 is 14.2 Å². The van der Waals surface area contributed by atoms with Gasteiger partial charge in [0.15, 0.2) is 17.3 Å². The van der Waals surface area contributed by atoms with Crippen molar-refractivity contribution >= 4 is 21.7 Å². The number of carbonyl (C=O) groups excluding carboxylic acids is 2. The third kappa shape index (κ3) is 5.99. The Morgan fingerprint density at radius 1 is 1.00 bits per heavy atom. The van der Waals surface area contributed by atoms with E-state index in [1.54, 1.807) is 42.5 Å². The highest BCUT2D eigenvalue weighted by Gasteiger charge is 2.26. The summed E-state index contributed by atoms with van der Waals surface area (Å²) >= 11 is 0.